The summed E-state index contributed by atoms with van der Waals surface area (Å²) in [5, 5.41) is 13.2. The maximum atomic E-state index is 11.1. The third-order valence-corrected chi connectivity index (χ3v) is 1.64. The predicted molar refractivity (Wildman–Crippen MR) is 56.6 cm³/mol. The fraction of sp³-hybridized carbons (Fsp3) is 0.444. The Hall–Kier alpha value is -2.05. The van der Waals surface area contributed by atoms with Crippen LogP contribution in [-0.4, -0.2) is 35.6 Å². The van der Waals surface area contributed by atoms with Gasteiger partial charge in [-0.3, -0.25) is 4.79 Å². The van der Waals surface area contributed by atoms with Gasteiger partial charge in [-0.15, -0.1) is 6.58 Å². The molecule has 7 heteroatoms. The van der Waals surface area contributed by atoms with Gasteiger partial charge in [0.25, 0.3) is 0 Å². The molecule has 0 aromatic rings. The SMILES string of the molecule is C=CCCNC(=O)N[C@H](CC(N)=O)C(=O)O. The van der Waals surface area contributed by atoms with Crippen LogP contribution < -0.4 is 16.4 Å². The molecule has 0 unspecified atom stereocenters. The molecular formula is C9H15N3O4. The number of aliphatic carboxylic acids is 1. The molecule has 0 bridgehead atoms. The van der Waals surface area contributed by atoms with Crippen molar-refractivity contribution in [2.45, 2.75) is 18.9 Å². The van der Waals surface area contributed by atoms with E-state index in [4.69, 9.17) is 10.8 Å². The molecule has 5 N–H and O–H groups in total. The van der Waals surface area contributed by atoms with Gasteiger partial charge >= 0.3 is 12.0 Å². The molecule has 1 atom stereocenters. The summed E-state index contributed by atoms with van der Waals surface area (Å²) in [5.74, 6) is -2.10. The van der Waals surface area contributed by atoms with Gasteiger partial charge in [0.1, 0.15) is 6.04 Å². The maximum absolute atomic E-state index is 11.1. The zero-order valence-corrected chi connectivity index (χ0v) is 8.73. The Morgan fingerprint density at radius 1 is 1.44 bits per heavy atom. The van der Waals surface area contributed by atoms with E-state index in [0.717, 1.165) is 0 Å². The average molecular weight is 229 g/mol. The number of carbonyl (C=O) groups is 3. The molecule has 0 heterocycles. The van der Waals surface area contributed by atoms with Crippen molar-refractivity contribution in [2.75, 3.05) is 6.54 Å². The lowest BCUT2D eigenvalue weighted by Crippen LogP contribution is -2.47. The van der Waals surface area contributed by atoms with Crippen LogP contribution in [0.25, 0.3) is 0 Å². The molecule has 0 radical (unpaired) electrons. The van der Waals surface area contributed by atoms with Crippen LogP contribution in [0.15, 0.2) is 12.7 Å². The summed E-state index contributed by atoms with van der Waals surface area (Å²) in [6.45, 7) is 3.80. The fourth-order valence-corrected chi connectivity index (χ4v) is 0.898. The highest BCUT2D eigenvalue weighted by Gasteiger charge is 2.21. The van der Waals surface area contributed by atoms with Gasteiger partial charge in [-0.05, 0) is 6.42 Å². The Kier molecular flexibility index (Phi) is 6.34. The van der Waals surface area contributed by atoms with E-state index in [9.17, 15) is 14.4 Å². The van der Waals surface area contributed by atoms with E-state index in [0.29, 0.717) is 13.0 Å². The van der Waals surface area contributed by atoms with E-state index in [1.54, 1.807) is 6.08 Å². The zero-order valence-electron chi connectivity index (χ0n) is 8.73. The van der Waals surface area contributed by atoms with Crippen molar-refractivity contribution in [3.63, 3.8) is 0 Å². The molecule has 0 rings (SSSR count). The number of primary amides is 1. The number of rotatable bonds is 7. The quantitative estimate of drug-likeness (QED) is 0.337. The van der Waals surface area contributed by atoms with Crippen LogP contribution in [0.4, 0.5) is 4.79 Å². The summed E-state index contributed by atoms with van der Waals surface area (Å²) >= 11 is 0. The van der Waals surface area contributed by atoms with Crippen LogP contribution in [-0.2, 0) is 9.59 Å². The Morgan fingerprint density at radius 3 is 2.50 bits per heavy atom. The minimum absolute atomic E-state index is 0.345. The van der Waals surface area contributed by atoms with Gasteiger partial charge < -0.3 is 21.5 Å². The van der Waals surface area contributed by atoms with Crippen LogP contribution in [0.1, 0.15) is 12.8 Å². The lowest BCUT2D eigenvalue weighted by molar-refractivity contribution is -0.140. The van der Waals surface area contributed by atoms with Crippen molar-refractivity contribution in [1.29, 1.82) is 0 Å². The highest BCUT2D eigenvalue weighted by molar-refractivity contribution is 5.87. The molecule has 0 aromatic heterocycles. The molecule has 0 spiro atoms. The first-order chi connectivity index (χ1) is 7.47. The third-order valence-electron chi connectivity index (χ3n) is 1.64. The molecule has 0 fully saturated rings. The highest BCUT2D eigenvalue weighted by Crippen LogP contribution is 1.91. The number of urea groups is 1. The summed E-state index contributed by atoms with van der Waals surface area (Å²) in [7, 11) is 0. The lowest BCUT2D eigenvalue weighted by atomic mass is 10.2. The monoisotopic (exact) mass is 229 g/mol. The summed E-state index contributed by atoms with van der Waals surface area (Å²) in [4.78, 5) is 32.3. The summed E-state index contributed by atoms with van der Waals surface area (Å²) in [6, 6.07) is -1.96. The minimum atomic E-state index is -1.31. The van der Waals surface area contributed by atoms with Gasteiger partial charge in [0, 0.05) is 6.54 Å². The average Bonchev–Trinajstić information content (AvgIpc) is 2.16. The number of nitrogens with two attached hydrogens (primary N) is 1. The number of carbonyl (C=O) groups excluding carboxylic acids is 2. The minimum Gasteiger partial charge on any atom is -0.480 e. The molecular weight excluding hydrogens is 214 g/mol. The number of nitrogens with one attached hydrogen (secondary N) is 2. The van der Waals surface area contributed by atoms with E-state index < -0.39 is 30.4 Å². The fourth-order valence-electron chi connectivity index (χ4n) is 0.898. The summed E-state index contributed by atoms with van der Waals surface area (Å²) in [6.07, 6.45) is 1.74. The van der Waals surface area contributed by atoms with Gasteiger partial charge in [0.15, 0.2) is 0 Å². The Morgan fingerprint density at radius 2 is 2.06 bits per heavy atom. The van der Waals surface area contributed by atoms with Crippen molar-refractivity contribution in [2.24, 2.45) is 5.73 Å². The Balaban J connectivity index is 4.08. The molecule has 90 valence electrons. The van der Waals surface area contributed by atoms with Crippen LogP contribution in [0.2, 0.25) is 0 Å². The summed E-state index contributed by atoms with van der Waals surface area (Å²) in [5.41, 5.74) is 4.84. The number of hydrogen-bond donors (Lipinski definition) is 4. The van der Waals surface area contributed by atoms with Gasteiger partial charge in [0.05, 0.1) is 6.42 Å². The number of carboxylic acids is 1. The van der Waals surface area contributed by atoms with Crippen LogP contribution >= 0.6 is 0 Å². The van der Waals surface area contributed by atoms with E-state index in [-0.39, 0.29) is 0 Å². The van der Waals surface area contributed by atoms with E-state index in [2.05, 4.69) is 17.2 Å². The molecule has 0 aromatic carbocycles. The second-order valence-corrected chi connectivity index (χ2v) is 3.04. The Labute approximate surface area is 92.7 Å². The van der Waals surface area contributed by atoms with Gasteiger partial charge in [0.2, 0.25) is 5.91 Å². The normalized spacial score (nSPS) is 11.2. The van der Waals surface area contributed by atoms with Crippen molar-refractivity contribution in [1.82, 2.24) is 10.6 Å². The molecule has 0 aliphatic heterocycles. The zero-order chi connectivity index (χ0) is 12.6. The van der Waals surface area contributed by atoms with Gasteiger partial charge in [-0.1, -0.05) is 6.08 Å². The lowest BCUT2D eigenvalue weighted by Gasteiger charge is -2.13. The standard InChI is InChI=1S/C9H15N3O4/c1-2-3-4-11-9(16)12-6(8(14)15)5-7(10)13/h2,6H,1,3-5H2,(H2,10,13)(H,14,15)(H2,11,12,16)/t6-/m1/s1. The number of hydrogen-bond acceptors (Lipinski definition) is 3. The van der Waals surface area contributed by atoms with Crippen molar-refractivity contribution < 1.29 is 19.5 Å². The maximum Gasteiger partial charge on any atom is 0.326 e. The molecule has 0 saturated carbocycles. The second-order valence-electron chi connectivity index (χ2n) is 3.04. The van der Waals surface area contributed by atoms with E-state index >= 15 is 0 Å². The first-order valence-electron chi connectivity index (χ1n) is 4.63. The number of amides is 3. The van der Waals surface area contributed by atoms with Gasteiger partial charge in [-0.25, -0.2) is 9.59 Å². The second kappa shape index (κ2) is 7.27. The molecule has 7 nitrogen and oxygen atoms in total. The molecule has 0 aliphatic rings. The topological polar surface area (TPSA) is 122 Å². The first-order valence-corrected chi connectivity index (χ1v) is 4.63. The van der Waals surface area contributed by atoms with Crippen molar-refractivity contribution >= 4 is 17.9 Å². The van der Waals surface area contributed by atoms with Crippen LogP contribution in [0, 0.1) is 0 Å². The molecule has 16 heavy (non-hydrogen) atoms. The number of carboxylic acid groups (broad SMARTS) is 1. The Bertz CT molecular complexity index is 290. The van der Waals surface area contributed by atoms with Crippen LogP contribution in [0.3, 0.4) is 0 Å². The molecule has 0 aliphatic carbocycles. The third kappa shape index (κ3) is 6.41. The van der Waals surface area contributed by atoms with Crippen molar-refractivity contribution in [3.8, 4) is 0 Å². The smallest absolute Gasteiger partial charge is 0.326 e. The highest BCUT2D eigenvalue weighted by atomic mass is 16.4. The predicted octanol–water partition coefficient (Wildman–Crippen LogP) is -0.810. The summed E-state index contributed by atoms with van der Waals surface area (Å²) < 4.78 is 0. The van der Waals surface area contributed by atoms with E-state index in [1.807, 2.05) is 0 Å². The molecule has 3 amide bonds. The van der Waals surface area contributed by atoms with Crippen LogP contribution in [0.5, 0.6) is 0 Å². The van der Waals surface area contributed by atoms with E-state index in [1.165, 1.54) is 0 Å². The molecule has 0 saturated heterocycles. The first kappa shape index (κ1) is 13.9. The van der Waals surface area contributed by atoms with Crippen molar-refractivity contribution in [3.05, 3.63) is 12.7 Å². The van der Waals surface area contributed by atoms with Gasteiger partial charge in [-0.2, -0.15) is 0 Å². The largest absolute Gasteiger partial charge is 0.480 e.